The van der Waals surface area contributed by atoms with E-state index in [2.05, 4.69) is 5.32 Å². The molecule has 5 nitrogen and oxygen atoms in total. The zero-order valence-corrected chi connectivity index (χ0v) is 15.8. The van der Waals surface area contributed by atoms with Crippen LogP contribution in [0.2, 0.25) is 0 Å². The number of carbonyl (C=O) groups is 1. The van der Waals surface area contributed by atoms with Crippen LogP contribution < -0.4 is 9.62 Å². The van der Waals surface area contributed by atoms with Gasteiger partial charge in [0.2, 0.25) is 15.9 Å². The second kappa shape index (κ2) is 7.70. The molecule has 0 unspecified atom stereocenters. The summed E-state index contributed by atoms with van der Waals surface area (Å²) >= 11 is 0. The topological polar surface area (TPSA) is 66.5 Å². The molecule has 6 heteroatoms. The van der Waals surface area contributed by atoms with Gasteiger partial charge in [0.25, 0.3) is 0 Å². The van der Waals surface area contributed by atoms with Crippen LogP contribution in [0.1, 0.15) is 25.0 Å². The van der Waals surface area contributed by atoms with Crippen LogP contribution in [-0.2, 0) is 21.2 Å². The summed E-state index contributed by atoms with van der Waals surface area (Å²) in [4.78, 5) is 12.8. The number of hydrogen-bond donors (Lipinski definition) is 1. The van der Waals surface area contributed by atoms with E-state index in [1.807, 2.05) is 32.0 Å². The molecule has 0 aliphatic rings. The van der Waals surface area contributed by atoms with Crippen LogP contribution in [0.3, 0.4) is 0 Å². The molecule has 134 valence electrons. The van der Waals surface area contributed by atoms with Gasteiger partial charge in [-0.3, -0.25) is 9.10 Å². The van der Waals surface area contributed by atoms with Crippen LogP contribution in [0.15, 0.2) is 48.5 Å². The van der Waals surface area contributed by atoms with Gasteiger partial charge >= 0.3 is 0 Å². The Hall–Kier alpha value is -2.34. The van der Waals surface area contributed by atoms with Crippen molar-refractivity contribution in [1.29, 1.82) is 0 Å². The summed E-state index contributed by atoms with van der Waals surface area (Å²) in [5, 5.41) is 2.91. The van der Waals surface area contributed by atoms with Gasteiger partial charge in [-0.25, -0.2) is 8.42 Å². The molecule has 1 atom stereocenters. The van der Waals surface area contributed by atoms with Crippen molar-refractivity contribution in [2.24, 2.45) is 0 Å². The second-order valence-corrected chi connectivity index (χ2v) is 7.88. The first-order valence-electron chi connectivity index (χ1n) is 8.19. The molecule has 2 aromatic rings. The minimum atomic E-state index is -3.61. The van der Waals surface area contributed by atoms with E-state index in [4.69, 9.17) is 0 Å². The smallest absolute Gasteiger partial charge is 0.248 e. The molecule has 1 N–H and O–H groups in total. The maximum atomic E-state index is 12.8. The Labute approximate surface area is 149 Å². The Morgan fingerprint density at radius 1 is 1.12 bits per heavy atom. The highest BCUT2D eigenvalue weighted by Crippen LogP contribution is 2.24. The number of sulfonamides is 1. The number of anilines is 2. The summed E-state index contributed by atoms with van der Waals surface area (Å²) in [6.07, 6.45) is 1.88. The van der Waals surface area contributed by atoms with Gasteiger partial charge in [0, 0.05) is 5.69 Å². The minimum absolute atomic E-state index is 0.363. The van der Waals surface area contributed by atoms with Crippen LogP contribution in [0.25, 0.3) is 0 Å². The van der Waals surface area contributed by atoms with Crippen LogP contribution in [0.5, 0.6) is 0 Å². The first-order valence-corrected chi connectivity index (χ1v) is 10.0. The van der Waals surface area contributed by atoms with Crippen LogP contribution in [0, 0.1) is 6.92 Å². The Balaban J connectivity index is 2.35. The van der Waals surface area contributed by atoms with Gasteiger partial charge in [0.05, 0.1) is 11.9 Å². The molecule has 0 saturated carbocycles. The first-order chi connectivity index (χ1) is 11.8. The monoisotopic (exact) mass is 360 g/mol. The average molecular weight is 360 g/mol. The van der Waals surface area contributed by atoms with Crippen molar-refractivity contribution in [2.45, 2.75) is 33.2 Å². The van der Waals surface area contributed by atoms with Crippen molar-refractivity contribution in [3.8, 4) is 0 Å². The third-order valence-electron chi connectivity index (χ3n) is 4.09. The van der Waals surface area contributed by atoms with Crippen molar-refractivity contribution < 1.29 is 13.2 Å². The third kappa shape index (κ3) is 4.39. The van der Waals surface area contributed by atoms with Crippen LogP contribution in [-0.4, -0.2) is 26.6 Å². The average Bonchev–Trinajstić information content (AvgIpc) is 2.56. The highest BCUT2D eigenvalue weighted by Gasteiger charge is 2.29. The molecule has 0 aliphatic heterocycles. The van der Waals surface area contributed by atoms with Crippen molar-refractivity contribution in [1.82, 2.24) is 0 Å². The number of rotatable bonds is 6. The summed E-state index contributed by atoms with van der Waals surface area (Å²) in [5.74, 6) is -0.363. The SMILES string of the molecule is CCc1cccc(C)c1NC(=O)[C@H](C)N(c1ccccc1)S(C)(=O)=O. The minimum Gasteiger partial charge on any atom is -0.324 e. The van der Waals surface area contributed by atoms with Gasteiger partial charge in [-0.1, -0.05) is 43.3 Å². The number of aryl methyl sites for hydroxylation is 2. The number of carbonyl (C=O) groups excluding carboxylic acids is 1. The fourth-order valence-electron chi connectivity index (χ4n) is 2.81. The summed E-state index contributed by atoms with van der Waals surface area (Å²) in [6, 6.07) is 13.6. The van der Waals surface area contributed by atoms with Crippen molar-refractivity contribution in [3.63, 3.8) is 0 Å². The quantitative estimate of drug-likeness (QED) is 0.859. The molecule has 2 rings (SSSR count). The molecule has 0 aliphatic carbocycles. The van der Waals surface area contributed by atoms with Gasteiger partial charge in [-0.05, 0) is 43.5 Å². The number of para-hydroxylation sites is 2. The van der Waals surface area contributed by atoms with Gasteiger partial charge in [0.15, 0.2) is 0 Å². The molecule has 25 heavy (non-hydrogen) atoms. The lowest BCUT2D eigenvalue weighted by Crippen LogP contribution is -2.45. The molecule has 2 aromatic carbocycles. The normalized spacial score (nSPS) is 12.5. The maximum absolute atomic E-state index is 12.8. The van der Waals surface area contributed by atoms with E-state index in [0.717, 1.165) is 33.8 Å². The Morgan fingerprint density at radius 2 is 1.76 bits per heavy atom. The Bertz CT molecular complexity index is 848. The van der Waals surface area contributed by atoms with E-state index in [1.54, 1.807) is 37.3 Å². The zero-order chi connectivity index (χ0) is 18.6. The maximum Gasteiger partial charge on any atom is 0.248 e. The molecule has 0 aromatic heterocycles. The van der Waals surface area contributed by atoms with Crippen molar-refractivity contribution in [2.75, 3.05) is 15.9 Å². The van der Waals surface area contributed by atoms with E-state index in [-0.39, 0.29) is 5.91 Å². The predicted molar refractivity (Wildman–Crippen MR) is 102 cm³/mol. The van der Waals surface area contributed by atoms with Gasteiger partial charge in [0.1, 0.15) is 6.04 Å². The first kappa shape index (κ1) is 19.0. The van der Waals surface area contributed by atoms with Crippen molar-refractivity contribution >= 4 is 27.3 Å². The Kier molecular flexibility index (Phi) is 5.85. The molecule has 0 bridgehead atoms. The molecular weight excluding hydrogens is 336 g/mol. The van der Waals surface area contributed by atoms with Crippen molar-refractivity contribution in [3.05, 3.63) is 59.7 Å². The fraction of sp³-hybridized carbons (Fsp3) is 0.316. The predicted octanol–water partition coefficient (Wildman–Crippen LogP) is 3.35. The lowest BCUT2D eigenvalue weighted by molar-refractivity contribution is -0.116. The fourth-order valence-corrected chi connectivity index (χ4v) is 3.99. The van der Waals surface area contributed by atoms with Gasteiger partial charge in [-0.15, -0.1) is 0 Å². The van der Waals surface area contributed by atoms with Crippen LogP contribution >= 0.6 is 0 Å². The molecule has 0 heterocycles. The van der Waals surface area contributed by atoms with E-state index in [9.17, 15) is 13.2 Å². The lowest BCUT2D eigenvalue weighted by atomic mass is 10.1. The zero-order valence-electron chi connectivity index (χ0n) is 15.0. The molecule has 0 spiro atoms. The number of nitrogens with zero attached hydrogens (tertiary/aromatic N) is 1. The summed E-state index contributed by atoms with van der Waals surface area (Å²) in [6.45, 7) is 5.53. The Morgan fingerprint density at radius 3 is 2.32 bits per heavy atom. The summed E-state index contributed by atoms with van der Waals surface area (Å²) < 4.78 is 25.7. The summed E-state index contributed by atoms with van der Waals surface area (Å²) in [7, 11) is -3.61. The number of benzene rings is 2. The highest BCUT2D eigenvalue weighted by atomic mass is 32.2. The van der Waals surface area contributed by atoms with Gasteiger partial charge < -0.3 is 5.32 Å². The summed E-state index contributed by atoms with van der Waals surface area (Å²) in [5.41, 5.74) is 3.19. The highest BCUT2D eigenvalue weighted by molar-refractivity contribution is 7.92. The molecule has 1 amide bonds. The lowest BCUT2D eigenvalue weighted by Gasteiger charge is -2.28. The molecular formula is C19H24N2O3S. The molecule has 0 radical (unpaired) electrons. The van der Waals surface area contributed by atoms with E-state index < -0.39 is 16.1 Å². The molecule has 0 saturated heterocycles. The van der Waals surface area contributed by atoms with Gasteiger partial charge in [-0.2, -0.15) is 0 Å². The number of nitrogens with one attached hydrogen (secondary N) is 1. The van der Waals surface area contributed by atoms with Crippen LogP contribution in [0.4, 0.5) is 11.4 Å². The van der Waals surface area contributed by atoms with E-state index in [0.29, 0.717) is 5.69 Å². The second-order valence-electron chi connectivity index (χ2n) is 6.02. The molecule has 0 fully saturated rings. The number of hydrogen-bond acceptors (Lipinski definition) is 3. The largest absolute Gasteiger partial charge is 0.324 e. The number of amides is 1. The standard InChI is InChI=1S/C19H24N2O3S/c1-5-16-11-9-10-14(2)18(16)20-19(22)15(3)21(25(4,23)24)17-12-7-6-8-13-17/h6-13,15H,5H2,1-4H3,(H,20,22)/t15-/m0/s1. The van der Waals surface area contributed by atoms with E-state index in [1.165, 1.54) is 0 Å². The van der Waals surface area contributed by atoms with E-state index >= 15 is 0 Å². The third-order valence-corrected chi connectivity index (χ3v) is 5.33.